The van der Waals surface area contributed by atoms with Crippen LogP contribution >= 0.6 is 31.9 Å². The summed E-state index contributed by atoms with van der Waals surface area (Å²) in [4.78, 5) is 12.1. The minimum absolute atomic E-state index is 0.305. The van der Waals surface area contributed by atoms with Crippen molar-refractivity contribution in [1.82, 2.24) is 5.43 Å². The van der Waals surface area contributed by atoms with Crippen LogP contribution in [0, 0.1) is 0 Å². The van der Waals surface area contributed by atoms with Gasteiger partial charge in [0.25, 0.3) is 5.91 Å². The molecule has 0 aromatic heterocycles. The van der Waals surface area contributed by atoms with Gasteiger partial charge < -0.3 is 9.47 Å². The number of carbonyl (C=O) groups excluding carboxylic acids is 1. The maximum Gasteiger partial charge on any atom is 0.272 e. The molecule has 2 aromatic carbocycles. The molecule has 2 aromatic rings. The Morgan fingerprint density at radius 1 is 1.09 bits per heavy atom. The van der Waals surface area contributed by atoms with Crippen molar-refractivity contribution in [3.05, 3.63) is 56.5 Å². The number of methoxy groups -OCH3 is 2. The van der Waals surface area contributed by atoms with Crippen LogP contribution in [0.5, 0.6) is 11.5 Å². The molecule has 1 amide bonds. The molecule has 0 spiro atoms. The number of hydrogen-bond acceptors (Lipinski definition) is 4. The zero-order valence-corrected chi connectivity index (χ0v) is 15.6. The average molecular weight is 442 g/mol. The second-order valence-electron chi connectivity index (χ2n) is 4.41. The van der Waals surface area contributed by atoms with Gasteiger partial charge in [0, 0.05) is 16.1 Å². The molecule has 0 bridgehead atoms. The van der Waals surface area contributed by atoms with Crippen molar-refractivity contribution in [2.75, 3.05) is 14.2 Å². The third kappa shape index (κ3) is 4.33. The summed E-state index contributed by atoms with van der Waals surface area (Å²) in [6, 6.07) is 10.7. The second-order valence-corrected chi connectivity index (χ2v) is 6.12. The molecule has 0 fully saturated rings. The highest BCUT2D eigenvalue weighted by molar-refractivity contribution is 9.10. The molecule has 0 unspecified atom stereocenters. The molecule has 1 N–H and O–H groups in total. The van der Waals surface area contributed by atoms with Gasteiger partial charge in [0.05, 0.1) is 30.5 Å². The number of hydrazone groups is 1. The molecular formula is C16H14Br2N2O3. The number of nitrogens with one attached hydrogen (secondary N) is 1. The number of rotatable bonds is 5. The topological polar surface area (TPSA) is 59.9 Å². The van der Waals surface area contributed by atoms with Crippen LogP contribution < -0.4 is 14.9 Å². The number of ether oxygens (including phenoxy) is 2. The summed E-state index contributed by atoms with van der Waals surface area (Å²) in [5.74, 6) is 0.931. The van der Waals surface area contributed by atoms with Gasteiger partial charge in [-0.1, -0.05) is 12.1 Å². The van der Waals surface area contributed by atoms with E-state index >= 15 is 0 Å². The number of hydrogen-bond donors (Lipinski definition) is 1. The zero-order chi connectivity index (χ0) is 16.8. The van der Waals surface area contributed by atoms with Crippen molar-refractivity contribution in [3.63, 3.8) is 0 Å². The van der Waals surface area contributed by atoms with Crippen LogP contribution in [0.15, 0.2) is 50.4 Å². The van der Waals surface area contributed by atoms with E-state index in [0.717, 1.165) is 4.47 Å². The Balaban J connectivity index is 2.16. The highest BCUT2D eigenvalue weighted by atomic mass is 79.9. The Labute approximate surface area is 150 Å². The van der Waals surface area contributed by atoms with Gasteiger partial charge in [-0.05, 0) is 50.1 Å². The summed E-state index contributed by atoms with van der Waals surface area (Å²) in [5, 5.41) is 3.98. The van der Waals surface area contributed by atoms with Crippen molar-refractivity contribution in [3.8, 4) is 11.5 Å². The molecule has 5 nitrogen and oxygen atoms in total. The largest absolute Gasteiger partial charge is 0.496 e. The van der Waals surface area contributed by atoms with Gasteiger partial charge in [-0.2, -0.15) is 5.10 Å². The number of benzene rings is 2. The van der Waals surface area contributed by atoms with Crippen LogP contribution in [0.4, 0.5) is 0 Å². The third-order valence-electron chi connectivity index (χ3n) is 2.99. The van der Waals surface area contributed by atoms with Gasteiger partial charge in [0.1, 0.15) is 11.5 Å². The summed E-state index contributed by atoms with van der Waals surface area (Å²) < 4.78 is 12.0. The molecule has 0 radical (unpaired) electrons. The van der Waals surface area contributed by atoms with E-state index in [4.69, 9.17) is 9.47 Å². The first kappa shape index (κ1) is 17.5. The van der Waals surface area contributed by atoms with E-state index in [1.165, 1.54) is 6.21 Å². The van der Waals surface area contributed by atoms with Crippen molar-refractivity contribution < 1.29 is 14.3 Å². The first-order chi connectivity index (χ1) is 11.1. The fourth-order valence-electron chi connectivity index (χ4n) is 1.85. The molecule has 0 aliphatic carbocycles. The highest BCUT2D eigenvalue weighted by Crippen LogP contribution is 2.31. The standard InChI is InChI=1S/C16H14Br2N2O3/c1-22-14-8-15(23-2)13(18)7-10(14)9-19-20-16(21)11-5-3-4-6-12(11)17/h3-9H,1-2H3,(H,20,21)/b19-9+. The Bertz CT molecular complexity index is 748. The third-order valence-corrected chi connectivity index (χ3v) is 4.30. The molecule has 0 heterocycles. The Kier molecular flexibility index (Phi) is 6.18. The summed E-state index contributed by atoms with van der Waals surface area (Å²) in [6.45, 7) is 0. The number of nitrogens with zero attached hydrogens (tertiary/aromatic N) is 1. The number of amides is 1. The van der Waals surface area contributed by atoms with E-state index in [0.29, 0.717) is 27.1 Å². The van der Waals surface area contributed by atoms with E-state index in [1.54, 1.807) is 44.6 Å². The van der Waals surface area contributed by atoms with Crippen LogP contribution in [-0.2, 0) is 0 Å². The monoisotopic (exact) mass is 440 g/mol. The first-order valence-corrected chi connectivity index (χ1v) is 8.15. The van der Waals surface area contributed by atoms with Gasteiger partial charge in [0.2, 0.25) is 0 Å². The maximum atomic E-state index is 12.1. The van der Waals surface area contributed by atoms with Crippen LogP contribution in [-0.4, -0.2) is 26.3 Å². The molecule has 0 saturated carbocycles. The molecular weight excluding hydrogens is 428 g/mol. The SMILES string of the molecule is COc1cc(OC)c(/C=N/NC(=O)c2ccccc2Br)cc1Br. The molecule has 0 atom stereocenters. The molecule has 23 heavy (non-hydrogen) atoms. The Hall–Kier alpha value is -1.86. The predicted octanol–water partition coefficient (Wildman–Crippen LogP) is 3.99. The maximum absolute atomic E-state index is 12.1. The van der Waals surface area contributed by atoms with Gasteiger partial charge in [0.15, 0.2) is 0 Å². The lowest BCUT2D eigenvalue weighted by Gasteiger charge is -2.09. The summed E-state index contributed by atoms with van der Waals surface area (Å²) in [5.41, 5.74) is 3.69. The van der Waals surface area contributed by atoms with Gasteiger partial charge in [-0.15, -0.1) is 0 Å². The predicted molar refractivity (Wildman–Crippen MR) is 96.4 cm³/mol. The zero-order valence-electron chi connectivity index (χ0n) is 12.5. The van der Waals surface area contributed by atoms with Gasteiger partial charge >= 0.3 is 0 Å². The molecule has 0 aliphatic rings. The van der Waals surface area contributed by atoms with E-state index in [-0.39, 0.29) is 5.91 Å². The summed E-state index contributed by atoms with van der Waals surface area (Å²) in [6.07, 6.45) is 1.51. The molecule has 0 saturated heterocycles. The molecule has 0 aliphatic heterocycles. The van der Waals surface area contributed by atoms with Crippen molar-refractivity contribution in [2.45, 2.75) is 0 Å². The summed E-state index contributed by atoms with van der Waals surface area (Å²) >= 11 is 6.73. The number of halogens is 2. The summed E-state index contributed by atoms with van der Waals surface area (Å²) in [7, 11) is 3.13. The van der Waals surface area contributed by atoms with Gasteiger partial charge in [-0.3, -0.25) is 4.79 Å². The highest BCUT2D eigenvalue weighted by Gasteiger charge is 2.09. The van der Waals surface area contributed by atoms with Crippen LogP contribution in [0.3, 0.4) is 0 Å². The van der Waals surface area contributed by atoms with Crippen molar-refractivity contribution in [2.24, 2.45) is 5.10 Å². The molecule has 120 valence electrons. The van der Waals surface area contributed by atoms with Crippen LogP contribution in [0.25, 0.3) is 0 Å². The van der Waals surface area contributed by atoms with E-state index < -0.39 is 0 Å². The second kappa shape index (κ2) is 8.12. The Morgan fingerprint density at radius 2 is 1.78 bits per heavy atom. The van der Waals surface area contributed by atoms with Gasteiger partial charge in [-0.25, -0.2) is 5.43 Å². The fourth-order valence-corrected chi connectivity index (χ4v) is 2.84. The first-order valence-electron chi connectivity index (χ1n) is 6.56. The Morgan fingerprint density at radius 3 is 2.43 bits per heavy atom. The molecule has 7 heteroatoms. The van der Waals surface area contributed by atoms with E-state index in [2.05, 4.69) is 42.4 Å². The lowest BCUT2D eigenvalue weighted by molar-refractivity contribution is 0.0954. The van der Waals surface area contributed by atoms with Crippen molar-refractivity contribution >= 4 is 44.0 Å². The van der Waals surface area contributed by atoms with E-state index in [9.17, 15) is 4.79 Å². The quantitative estimate of drug-likeness (QED) is 0.563. The van der Waals surface area contributed by atoms with Crippen LogP contribution in [0.2, 0.25) is 0 Å². The normalized spacial score (nSPS) is 10.6. The smallest absolute Gasteiger partial charge is 0.272 e. The minimum atomic E-state index is -0.305. The lowest BCUT2D eigenvalue weighted by Crippen LogP contribution is -2.18. The van der Waals surface area contributed by atoms with Crippen molar-refractivity contribution in [1.29, 1.82) is 0 Å². The lowest BCUT2D eigenvalue weighted by atomic mass is 10.2. The minimum Gasteiger partial charge on any atom is -0.496 e. The van der Waals surface area contributed by atoms with Crippen LogP contribution in [0.1, 0.15) is 15.9 Å². The molecule has 2 rings (SSSR count). The fraction of sp³-hybridized carbons (Fsp3) is 0.125. The average Bonchev–Trinajstić information content (AvgIpc) is 2.55. The number of carbonyl (C=O) groups is 1. The van der Waals surface area contributed by atoms with E-state index in [1.807, 2.05) is 6.07 Å².